The van der Waals surface area contributed by atoms with Crippen LogP contribution >= 0.6 is 0 Å². The molecule has 1 saturated heterocycles. The molecule has 2 rings (SSSR count). The van der Waals surface area contributed by atoms with Crippen LogP contribution in [0.4, 0.5) is 14.5 Å². The zero-order valence-corrected chi connectivity index (χ0v) is 9.61. The lowest BCUT2D eigenvalue weighted by Crippen LogP contribution is -2.41. The van der Waals surface area contributed by atoms with Gasteiger partial charge in [-0.2, -0.15) is 0 Å². The fraction of sp³-hybridized carbons (Fsp3) is 0.455. The second-order valence-corrected chi connectivity index (χ2v) is 4.04. The molecule has 1 fully saturated rings. The van der Waals surface area contributed by atoms with Gasteiger partial charge < -0.3 is 4.90 Å². The third-order valence-corrected chi connectivity index (χ3v) is 2.67. The highest BCUT2D eigenvalue weighted by molar-refractivity contribution is 5.37. The Morgan fingerprint density at radius 1 is 1.12 bits per heavy atom. The predicted octanol–water partition coefficient (Wildman–Crippen LogP) is 2.21. The molecule has 0 aromatic heterocycles. The van der Waals surface area contributed by atoms with Gasteiger partial charge >= 0.3 is 0 Å². The summed E-state index contributed by atoms with van der Waals surface area (Å²) in [6.07, 6.45) is 0. The minimum absolute atomic E-state index is 0.0658. The van der Waals surface area contributed by atoms with Crippen LogP contribution in [-0.2, 0) is 0 Å². The monoisotopic (exact) mass is 240 g/mol. The van der Waals surface area contributed by atoms with Gasteiger partial charge in [-0.1, -0.05) is 5.22 Å². The Labute approximate surface area is 98.5 Å². The molecule has 92 valence electrons. The highest BCUT2D eigenvalue weighted by Gasteiger charge is 2.12. The number of rotatable bonds is 2. The molecule has 0 bridgehead atoms. The van der Waals surface area contributed by atoms with E-state index in [1.807, 2.05) is 7.05 Å². The van der Waals surface area contributed by atoms with Crippen LogP contribution in [-0.4, -0.2) is 43.1 Å². The van der Waals surface area contributed by atoms with E-state index in [0.29, 0.717) is 0 Å². The number of likely N-dealkylation sites (N-methyl/N-ethyl adjacent to an activating group) is 1. The van der Waals surface area contributed by atoms with Crippen LogP contribution in [0, 0.1) is 11.6 Å². The molecular formula is C11H14F2N4. The number of hydrogen-bond acceptors (Lipinski definition) is 3. The quantitative estimate of drug-likeness (QED) is 0.742. The summed E-state index contributed by atoms with van der Waals surface area (Å²) in [7, 11) is 2.03. The van der Waals surface area contributed by atoms with E-state index in [2.05, 4.69) is 15.2 Å². The molecule has 1 aliphatic heterocycles. The summed E-state index contributed by atoms with van der Waals surface area (Å²) in [4.78, 5) is 2.18. The summed E-state index contributed by atoms with van der Waals surface area (Å²) in [6, 6.07) is 3.15. The van der Waals surface area contributed by atoms with Crippen LogP contribution in [0.5, 0.6) is 0 Å². The van der Waals surface area contributed by atoms with Crippen molar-refractivity contribution in [1.29, 1.82) is 0 Å². The lowest BCUT2D eigenvalue weighted by atomic mass is 10.3. The van der Waals surface area contributed by atoms with Crippen molar-refractivity contribution < 1.29 is 8.78 Å². The number of nitrogens with zero attached hydrogens (tertiary/aromatic N) is 4. The average molecular weight is 240 g/mol. The van der Waals surface area contributed by atoms with Gasteiger partial charge in [0.05, 0.1) is 13.1 Å². The maximum Gasteiger partial charge on any atom is 0.150 e. The summed E-state index contributed by atoms with van der Waals surface area (Å²) in [6.45, 7) is 3.28. The molecule has 0 unspecified atom stereocenters. The van der Waals surface area contributed by atoms with E-state index < -0.39 is 11.6 Å². The van der Waals surface area contributed by atoms with Crippen molar-refractivity contribution >= 4 is 5.69 Å². The van der Waals surface area contributed by atoms with Crippen molar-refractivity contribution in [1.82, 2.24) is 9.91 Å². The highest BCUT2D eigenvalue weighted by Crippen LogP contribution is 2.19. The van der Waals surface area contributed by atoms with Gasteiger partial charge in [-0.05, 0) is 19.2 Å². The van der Waals surface area contributed by atoms with Gasteiger partial charge in [-0.15, -0.1) is 5.11 Å². The fourth-order valence-electron chi connectivity index (χ4n) is 1.56. The van der Waals surface area contributed by atoms with Crippen molar-refractivity contribution in [2.24, 2.45) is 10.3 Å². The minimum Gasteiger partial charge on any atom is -0.303 e. The summed E-state index contributed by atoms with van der Waals surface area (Å²) in [5.41, 5.74) is -0.0658. The molecule has 1 heterocycles. The van der Waals surface area contributed by atoms with Gasteiger partial charge in [-0.3, -0.25) is 5.01 Å². The highest BCUT2D eigenvalue weighted by atomic mass is 19.1. The second kappa shape index (κ2) is 5.18. The first-order chi connectivity index (χ1) is 8.15. The minimum atomic E-state index is -0.565. The van der Waals surface area contributed by atoms with E-state index >= 15 is 0 Å². The Morgan fingerprint density at radius 2 is 1.82 bits per heavy atom. The molecule has 0 N–H and O–H groups in total. The molecule has 0 spiro atoms. The van der Waals surface area contributed by atoms with Gasteiger partial charge in [0.15, 0.2) is 5.82 Å². The molecule has 0 saturated carbocycles. The summed E-state index contributed by atoms with van der Waals surface area (Å²) in [5.74, 6) is -1.08. The van der Waals surface area contributed by atoms with Crippen molar-refractivity contribution in [2.75, 3.05) is 33.2 Å². The van der Waals surface area contributed by atoms with E-state index in [4.69, 9.17) is 0 Å². The Hall–Kier alpha value is -1.56. The molecule has 6 heteroatoms. The lowest BCUT2D eigenvalue weighted by molar-refractivity contribution is 0.150. The Morgan fingerprint density at radius 3 is 2.53 bits per heavy atom. The molecular weight excluding hydrogens is 226 g/mol. The van der Waals surface area contributed by atoms with E-state index in [1.165, 1.54) is 0 Å². The zero-order valence-electron chi connectivity index (χ0n) is 9.61. The van der Waals surface area contributed by atoms with Gasteiger partial charge in [0, 0.05) is 19.2 Å². The first-order valence-corrected chi connectivity index (χ1v) is 5.45. The van der Waals surface area contributed by atoms with Crippen LogP contribution in [0.15, 0.2) is 28.5 Å². The SMILES string of the molecule is CN1CCN(N=Nc2cc(F)ccc2F)CC1. The van der Waals surface area contributed by atoms with E-state index in [-0.39, 0.29) is 5.69 Å². The lowest BCUT2D eigenvalue weighted by Gasteiger charge is -2.29. The van der Waals surface area contributed by atoms with Crippen molar-refractivity contribution in [2.45, 2.75) is 0 Å². The van der Waals surface area contributed by atoms with Crippen LogP contribution in [0.3, 0.4) is 0 Å². The van der Waals surface area contributed by atoms with E-state index in [1.54, 1.807) is 5.01 Å². The Balaban J connectivity index is 2.02. The van der Waals surface area contributed by atoms with Crippen molar-refractivity contribution in [3.8, 4) is 0 Å². The van der Waals surface area contributed by atoms with Gasteiger partial charge in [0.2, 0.25) is 0 Å². The zero-order chi connectivity index (χ0) is 12.3. The fourth-order valence-corrected chi connectivity index (χ4v) is 1.56. The summed E-state index contributed by atoms with van der Waals surface area (Å²) in [5, 5.41) is 9.40. The maximum absolute atomic E-state index is 13.2. The molecule has 1 aromatic rings. The number of piperazine rings is 1. The normalized spacial score (nSPS) is 17.9. The average Bonchev–Trinajstić information content (AvgIpc) is 2.32. The van der Waals surface area contributed by atoms with Gasteiger partial charge in [-0.25, -0.2) is 8.78 Å². The molecule has 1 aromatic carbocycles. The number of benzene rings is 1. The number of halogens is 2. The third-order valence-electron chi connectivity index (χ3n) is 2.67. The molecule has 0 amide bonds. The molecule has 1 aliphatic rings. The smallest absolute Gasteiger partial charge is 0.150 e. The third kappa shape index (κ3) is 3.20. The first kappa shape index (κ1) is 11.9. The second-order valence-electron chi connectivity index (χ2n) is 4.04. The van der Waals surface area contributed by atoms with Crippen LogP contribution < -0.4 is 0 Å². The Bertz CT molecular complexity index is 414. The van der Waals surface area contributed by atoms with Crippen LogP contribution in [0.25, 0.3) is 0 Å². The van der Waals surface area contributed by atoms with E-state index in [9.17, 15) is 8.78 Å². The summed E-state index contributed by atoms with van der Waals surface area (Å²) >= 11 is 0. The molecule has 17 heavy (non-hydrogen) atoms. The Kier molecular flexibility index (Phi) is 3.63. The largest absolute Gasteiger partial charge is 0.303 e. The van der Waals surface area contributed by atoms with Crippen LogP contribution in [0.2, 0.25) is 0 Å². The van der Waals surface area contributed by atoms with Gasteiger partial charge in [0.25, 0.3) is 0 Å². The molecule has 0 atom stereocenters. The molecule has 4 nitrogen and oxygen atoms in total. The standard InChI is InChI=1S/C11H14F2N4/c1-16-4-6-17(7-5-16)15-14-11-8-9(12)2-3-10(11)13/h2-3,8H,4-7H2,1H3. The van der Waals surface area contributed by atoms with Crippen LogP contribution in [0.1, 0.15) is 0 Å². The van der Waals surface area contributed by atoms with E-state index in [0.717, 1.165) is 44.4 Å². The first-order valence-electron chi connectivity index (χ1n) is 5.45. The number of hydrogen-bond donors (Lipinski definition) is 0. The van der Waals surface area contributed by atoms with Crippen molar-refractivity contribution in [3.63, 3.8) is 0 Å². The summed E-state index contributed by atoms with van der Waals surface area (Å²) < 4.78 is 26.1. The topological polar surface area (TPSA) is 31.2 Å². The molecule has 0 radical (unpaired) electrons. The van der Waals surface area contributed by atoms with Crippen molar-refractivity contribution in [3.05, 3.63) is 29.8 Å². The van der Waals surface area contributed by atoms with Gasteiger partial charge in [0.1, 0.15) is 11.5 Å². The maximum atomic E-state index is 13.2. The molecule has 0 aliphatic carbocycles. The predicted molar refractivity (Wildman–Crippen MR) is 59.9 cm³/mol.